The molecule has 1 aromatic heterocycles. The third-order valence-electron chi connectivity index (χ3n) is 6.84. The van der Waals surface area contributed by atoms with Crippen LogP contribution in [-0.4, -0.2) is 56.3 Å². The molecule has 1 aliphatic rings. The molecule has 1 unspecified atom stereocenters. The number of esters is 1. The number of para-hydroxylation sites is 1. The number of carbonyl (C=O) groups excluding carboxylic acids is 1. The normalized spacial score (nSPS) is 17.9. The molecule has 36 heavy (non-hydrogen) atoms. The molecule has 0 amide bonds. The van der Waals surface area contributed by atoms with E-state index in [9.17, 15) is 18.0 Å². The Hall–Kier alpha value is -3.33. The molecule has 9 heteroatoms. The first-order chi connectivity index (χ1) is 17.4. The Morgan fingerprint density at radius 2 is 1.89 bits per heavy atom. The van der Waals surface area contributed by atoms with E-state index in [0.29, 0.717) is 67.5 Å². The highest BCUT2D eigenvalue weighted by Crippen LogP contribution is 2.37. The van der Waals surface area contributed by atoms with Crippen molar-refractivity contribution in [3.63, 3.8) is 0 Å². The van der Waals surface area contributed by atoms with Gasteiger partial charge in [0.15, 0.2) is 17.4 Å². The molecule has 1 aliphatic heterocycles. The summed E-state index contributed by atoms with van der Waals surface area (Å²) in [4.78, 5) is 19.0. The van der Waals surface area contributed by atoms with Gasteiger partial charge in [0.05, 0.1) is 31.3 Å². The topological polar surface area (TPSA) is 60.9 Å². The van der Waals surface area contributed by atoms with Gasteiger partial charge in [0.2, 0.25) is 0 Å². The van der Waals surface area contributed by atoms with Crippen molar-refractivity contribution in [2.75, 3.05) is 40.5 Å². The smallest absolute Gasteiger partial charge is 0.313 e. The minimum atomic E-state index is -0.756. The van der Waals surface area contributed by atoms with Gasteiger partial charge in [-0.15, -0.1) is 0 Å². The minimum Gasteiger partial charge on any atom is -0.497 e. The van der Waals surface area contributed by atoms with Crippen LogP contribution >= 0.6 is 0 Å². The molecule has 4 rings (SSSR count). The van der Waals surface area contributed by atoms with Crippen LogP contribution in [0.4, 0.5) is 13.2 Å². The van der Waals surface area contributed by atoms with E-state index in [-0.39, 0.29) is 12.6 Å². The summed E-state index contributed by atoms with van der Waals surface area (Å²) >= 11 is 0. The van der Waals surface area contributed by atoms with Crippen molar-refractivity contribution >= 4 is 16.9 Å². The Morgan fingerprint density at radius 1 is 1.11 bits per heavy atom. The number of likely N-dealkylation sites (tertiary alicyclic amines) is 1. The van der Waals surface area contributed by atoms with Crippen molar-refractivity contribution < 1.29 is 32.2 Å². The average molecular weight is 503 g/mol. The maximum atomic E-state index is 14.7. The predicted octanol–water partition coefficient (Wildman–Crippen LogP) is 4.93. The monoisotopic (exact) mass is 502 g/mol. The molecule has 192 valence electrons. The van der Waals surface area contributed by atoms with Gasteiger partial charge in [-0.25, -0.2) is 13.2 Å². The fourth-order valence-corrected chi connectivity index (χ4v) is 4.92. The number of hydrogen-bond acceptors (Lipinski definition) is 6. The molecule has 0 radical (unpaired) electrons. The van der Waals surface area contributed by atoms with E-state index in [1.54, 1.807) is 25.3 Å². The van der Waals surface area contributed by atoms with E-state index >= 15 is 0 Å². The van der Waals surface area contributed by atoms with Gasteiger partial charge >= 0.3 is 5.97 Å². The van der Waals surface area contributed by atoms with E-state index in [0.717, 1.165) is 12.1 Å². The number of aromatic nitrogens is 1. The number of hydrogen-bond donors (Lipinski definition) is 0. The first kappa shape index (κ1) is 25.8. The number of fused-ring (bicyclic) bond motifs is 1. The van der Waals surface area contributed by atoms with Crippen LogP contribution in [0.3, 0.4) is 0 Å². The number of methoxy groups -OCH3 is 2. The van der Waals surface area contributed by atoms with Gasteiger partial charge in [-0.3, -0.25) is 14.7 Å². The lowest BCUT2D eigenvalue weighted by atomic mass is 9.81. The quantitative estimate of drug-likeness (QED) is 0.367. The third-order valence-corrected chi connectivity index (χ3v) is 6.84. The van der Waals surface area contributed by atoms with Crippen LogP contribution in [0.1, 0.15) is 24.8 Å². The number of rotatable bonds is 10. The lowest BCUT2D eigenvalue weighted by Crippen LogP contribution is -2.37. The van der Waals surface area contributed by atoms with Crippen LogP contribution in [-0.2, 0) is 16.0 Å². The molecule has 1 saturated heterocycles. The van der Waals surface area contributed by atoms with Crippen LogP contribution < -0.4 is 9.47 Å². The summed E-state index contributed by atoms with van der Waals surface area (Å²) in [7, 11) is 2.91. The predicted molar refractivity (Wildman–Crippen MR) is 129 cm³/mol. The summed E-state index contributed by atoms with van der Waals surface area (Å²) in [6.45, 7) is 1.51. The number of benzene rings is 2. The second-order valence-corrected chi connectivity index (χ2v) is 9.02. The Kier molecular flexibility index (Phi) is 7.98. The maximum Gasteiger partial charge on any atom is 0.313 e. The largest absolute Gasteiger partial charge is 0.497 e. The summed E-state index contributed by atoms with van der Waals surface area (Å²) in [5.41, 5.74) is 0.469. The van der Waals surface area contributed by atoms with Gasteiger partial charge in [0.1, 0.15) is 18.2 Å². The minimum absolute atomic E-state index is 0.0746. The molecule has 2 aromatic carbocycles. The number of ether oxygens (including phenoxy) is 3. The van der Waals surface area contributed by atoms with E-state index < -0.39 is 28.6 Å². The molecule has 0 N–H and O–H groups in total. The van der Waals surface area contributed by atoms with E-state index in [2.05, 4.69) is 4.98 Å². The Morgan fingerprint density at radius 3 is 2.61 bits per heavy atom. The number of nitrogens with zero attached hydrogens (tertiary/aromatic N) is 2. The van der Waals surface area contributed by atoms with Crippen LogP contribution in [0.2, 0.25) is 0 Å². The first-order valence-corrected chi connectivity index (χ1v) is 11.9. The molecule has 0 saturated carbocycles. The molecular formula is C27H29F3N2O4. The first-order valence-electron chi connectivity index (χ1n) is 11.9. The fraction of sp³-hybridized carbons (Fsp3) is 0.407. The highest BCUT2D eigenvalue weighted by atomic mass is 19.1. The lowest BCUT2D eigenvalue weighted by Gasteiger charge is -2.27. The highest BCUT2D eigenvalue weighted by molar-refractivity contribution is 5.83. The van der Waals surface area contributed by atoms with Crippen molar-refractivity contribution in [3.05, 3.63) is 65.6 Å². The molecule has 2 heterocycles. The summed E-state index contributed by atoms with van der Waals surface area (Å²) < 4.78 is 58.0. The zero-order valence-electron chi connectivity index (χ0n) is 20.4. The van der Waals surface area contributed by atoms with Crippen molar-refractivity contribution in [2.24, 2.45) is 5.41 Å². The fourth-order valence-electron chi connectivity index (χ4n) is 4.92. The number of halogens is 3. The highest BCUT2D eigenvalue weighted by Gasteiger charge is 2.45. The Balaban J connectivity index is 1.40. The van der Waals surface area contributed by atoms with E-state index in [1.165, 1.54) is 19.4 Å². The van der Waals surface area contributed by atoms with Crippen LogP contribution in [0, 0.1) is 22.9 Å². The van der Waals surface area contributed by atoms with Gasteiger partial charge in [0, 0.05) is 18.5 Å². The Bertz CT molecular complexity index is 1220. The van der Waals surface area contributed by atoms with Crippen molar-refractivity contribution in [1.29, 1.82) is 0 Å². The number of aryl methyl sites for hydroxylation is 1. The van der Waals surface area contributed by atoms with Crippen molar-refractivity contribution in [3.8, 4) is 11.5 Å². The zero-order chi connectivity index (χ0) is 25.7. The summed E-state index contributed by atoms with van der Waals surface area (Å²) in [6.07, 6.45) is 3.28. The standard InChI is InChI=1S/C27H29F3N2O4/c1-34-18-8-9-24-20(15-18)19(23(30)16-31-24)5-4-10-27(26(33)35-2)11-12-32(17-27)13-14-36-25-21(28)6-3-7-22(25)29/h3,6-9,15-16H,4-5,10-14,17H2,1-2H3. The summed E-state index contributed by atoms with van der Waals surface area (Å²) in [6, 6.07) is 8.90. The molecule has 0 bridgehead atoms. The van der Waals surface area contributed by atoms with Gasteiger partial charge in [-0.2, -0.15) is 0 Å². The van der Waals surface area contributed by atoms with E-state index in [1.807, 2.05) is 4.90 Å². The SMILES string of the molecule is COC(=O)C1(CCCc2c(F)cnc3ccc(OC)cc23)CCN(CCOc2c(F)cccc2F)C1. The van der Waals surface area contributed by atoms with Gasteiger partial charge < -0.3 is 14.2 Å². The van der Waals surface area contributed by atoms with Crippen molar-refractivity contribution in [2.45, 2.75) is 25.7 Å². The molecule has 1 atom stereocenters. The second kappa shape index (κ2) is 11.2. The Labute approximate surface area is 208 Å². The van der Waals surface area contributed by atoms with Crippen LogP contribution in [0.25, 0.3) is 10.9 Å². The van der Waals surface area contributed by atoms with Crippen LogP contribution in [0.15, 0.2) is 42.6 Å². The van der Waals surface area contributed by atoms with Gasteiger partial charge in [0.25, 0.3) is 0 Å². The molecule has 0 spiro atoms. The number of carbonyl (C=O) groups is 1. The molecule has 0 aliphatic carbocycles. The van der Waals surface area contributed by atoms with Gasteiger partial charge in [-0.05, 0) is 68.1 Å². The lowest BCUT2D eigenvalue weighted by molar-refractivity contribution is -0.152. The molecule has 1 fully saturated rings. The molecule has 6 nitrogen and oxygen atoms in total. The second-order valence-electron chi connectivity index (χ2n) is 9.02. The average Bonchev–Trinajstić information content (AvgIpc) is 3.30. The third kappa shape index (κ3) is 5.41. The number of pyridine rings is 1. The molecular weight excluding hydrogens is 473 g/mol. The van der Waals surface area contributed by atoms with Gasteiger partial charge in [-0.1, -0.05) is 6.07 Å². The van der Waals surface area contributed by atoms with E-state index in [4.69, 9.17) is 14.2 Å². The van der Waals surface area contributed by atoms with Crippen molar-refractivity contribution in [1.82, 2.24) is 9.88 Å². The zero-order valence-corrected chi connectivity index (χ0v) is 20.4. The summed E-state index contributed by atoms with van der Waals surface area (Å²) in [5.74, 6) is -2.01. The summed E-state index contributed by atoms with van der Waals surface area (Å²) in [5, 5.41) is 0.687. The van der Waals surface area contributed by atoms with Crippen LogP contribution in [0.5, 0.6) is 11.5 Å². The molecule has 3 aromatic rings. The maximum absolute atomic E-state index is 14.7.